The standard InChI is InChI=1S/C14H12FN2OP/c15-10-6-12-11(7-13(10)19)16-14(18)17(12)8-9-4-2-1-3-5-9/h1-7H,8,19H2,(H,16,18). The minimum absolute atomic E-state index is 0.228. The lowest BCUT2D eigenvalue weighted by molar-refractivity contribution is 0.637. The van der Waals surface area contributed by atoms with E-state index < -0.39 is 0 Å². The molecule has 1 aromatic heterocycles. The second-order valence-electron chi connectivity index (χ2n) is 4.39. The maximum absolute atomic E-state index is 13.6. The van der Waals surface area contributed by atoms with Gasteiger partial charge in [-0.25, -0.2) is 9.18 Å². The van der Waals surface area contributed by atoms with Gasteiger partial charge >= 0.3 is 5.69 Å². The third-order valence-corrected chi connectivity index (χ3v) is 3.52. The molecule has 1 heterocycles. The lowest BCUT2D eigenvalue weighted by atomic mass is 10.2. The number of hydrogen-bond donors (Lipinski definition) is 1. The molecule has 2 aromatic carbocycles. The number of aromatic nitrogens is 2. The topological polar surface area (TPSA) is 37.8 Å². The van der Waals surface area contributed by atoms with Crippen LogP contribution in [-0.4, -0.2) is 9.55 Å². The van der Waals surface area contributed by atoms with Gasteiger partial charge in [0.05, 0.1) is 17.6 Å². The van der Waals surface area contributed by atoms with Crippen LogP contribution in [0.1, 0.15) is 5.56 Å². The van der Waals surface area contributed by atoms with Gasteiger partial charge in [0, 0.05) is 11.4 Å². The molecule has 0 radical (unpaired) electrons. The van der Waals surface area contributed by atoms with Crippen molar-refractivity contribution < 1.29 is 4.39 Å². The van der Waals surface area contributed by atoms with Gasteiger partial charge in [-0.15, -0.1) is 9.24 Å². The smallest absolute Gasteiger partial charge is 0.306 e. The second-order valence-corrected chi connectivity index (χ2v) is 5.01. The van der Waals surface area contributed by atoms with E-state index in [0.29, 0.717) is 22.9 Å². The number of fused-ring (bicyclic) bond motifs is 1. The molecule has 1 N–H and O–H groups in total. The molecule has 3 nitrogen and oxygen atoms in total. The Morgan fingerprint density at radius 3 is 2.68 bits per heavy atom. The molecule has 19 heavy (non-hydrogen) atoms. The van der Waals surface area contributed by atoms with Crippen LogP contribution >= 0.6 is 9.24 Å². The van der Waals surface area contributed by atoms with Crippen molar-refractivity contribution in [3.63, 3.8) is 0 Å². The first-order valence-electron chi connectivity index (χ1n) is 5.86. The van der Waals surface area contributed by atoms with Crippen LogP contribution in [0.15, 0.2) is 47.3 Å². The Hall–Kier alpha value is -1.93. The number of imidazole rings is 1. The average molecular weight is 274 g/mol. The highest BCUT2D eigenvalue weighted by Crippen LogP contribution is 2.14. The Bertz CT molecular complexity index is 792. The zero-order valence-electron chi connectivity index (χ0n) is 10.1. The third kappa shape index (κ3) is 2.20. The van der Waals surface area contributed by atoms with Gasteiger partial charge in [-0.1, -0.05) is 30.3 Å². The number of H-pyrrole nitrogens is 1. The van der Waals surface area contributed by atoms with Crippen molar-refractivity contribution >= 4 is 25.6 Å². The number of aromatic amines is 1. The molecular weight excluding hydrogens is 262 g/mol. The molecule has 0 aliphatic rings. The molecule has 0 saturated heterocycles. The molecular formula is C14H12FN2OP. The number of hydrogen-bond acceptors (Lipinski definition) is 1. The van der Waals surface area contributed by atoms with Gasteiger partial charge in [0.1, 0.15) is 5.82 Å². The summed E-state index contributed by atoms with van der Waals surface area (Å²) < 4.78 is 15.2. The molecule has 5 heteroatoms. The Labute approximate surface area is 111 Å². The van der Waals surface area contributed by atoms with Gasteiger partial charge in [-0.3, -0.25) is 4.57 Å². The van der Waals surface area contributed by atoms with Crippen molar-refractivity contribution in [3.8, 4) is 0 Å². The minimum atomic E-state index is -0.335. The van der Waals surface area contributed by atoms with Crippen molar-refractivity contribution in [2.45, 2.75) is 6.54 Å². The van der Waals surface area contributed by atoms with Crippen LogP contribution in [0.25, 0.3) is 11.0 Å². The molecule has 0 spiro atoms. The average Bonchev–Trinajstić information content (AvgIpc) is 2.68. The first kappa shape index (κ1) is 12.1. The summed E-state index contributed by atoms with van der Waals surface area (Å²) in [7, 11) is 2.32. The summed E-state index contributed by atoms with van der Waals surface area (Å²) >= 11 is 0. The van der Waals surface area contributed by atoms with Crippen LogP contribution in [0.5, 0.6) is 0 Å². The highest BCUT2D eigenvalue weighted by Gasteiger charge is 2.10. The van der Waals surface area contributed by atoms with Gasteiger partial charge in [-0.05, 0) is 11.6 Å². The highest BCUT2D eigenvalue weighted by atomic mass is 31.0. The Morgan fingerprint density at radius 2 is 1.95 bits per heavy atom. The molecule has 3 aromatic rings. The number of benzene rings is 2. The van der Waals surface area contributed by atoms with E-state index in [0.717, 1.165) is 5.56 Å². The van der Waals surface area contributed by atoms with Gasteiger partial charge in [-0.2, -0.15) is 0 Å². The van der Waals surface area contributed by atoms with Crippen LogP contribution in [0.4, 0.5) is 4.39 Å². The van der Waals surface area contributed by atoms with E-state index in [2.05, 4.69) is 14.2 Å². The van der Waals surface area contributed by atoms with Gasteiger partial charge in [0.15, 0.2) is 0 Å². The SMILES string of the molecule is O=c1[nH]c2cc(P)c(F)cc2n1Cc1ccccc1. The van der Waals surface area contributed by atoms with E-state index in [1.54, 1.807) is 6.07 Å². The fraction of sp³-hybridized carbons (Fsp3) is 0.0714. The maximum Gasteiger partial charge on any atom is 0.326 e. The third-order valence-electron chi connectivity index (χ3n) is 3.08. The predicted molar refractivity (Wildman–Crippen MR) is 77.4 cm³/mol. The Kier molecular flexibility index (Phi) is 2.96. The monoisotopic (exact) mass is 274 g/mol. The molecule has 96 valence electrons. The summed E-state index contributed by atoms with van der Waals surface area (Å²) in [5.74, 6) is -0.335. The summed E-state index contributed by atoms with van der Waals surface area (Å²) in [6.45, 7) is 0.426. The second kappa shape index (κ2) is 4.63. The zero-order valence-corrected chi connectivity index (χ0v) is 11.2. The zero-order chi connectivity index (χ0) is 13.4. The van der Waals surface area contributed by atoms with Gasteiger partial charge in [0.25, 0.3) is 0 Å². The van der Waals surface area contributed by atoms with Crippen LogP contribution in [0.3, 0.4) is 0 Å². The quantitative estimate of drug-likeness (QED) is 0.713. The lowest BCUT2D eigenvalue weighted by Crippen LogP contribution is -2.17. The van der Waals surface area contributed by atoms with E-state index in [1.807, 2.05) is 30.3 Å². The van der Waals surface area contributed by atoms with E-state index in [-0.39, 0.29) is 11.5 Å². The van der Waals surface area contributed by atoms with E-state index in [9.17, 15) is 9.18 Å². The molecule has 1 atom stereocenters. The number of nitrogens with one attached hydrogen (secondary N) is 1. The largest absolute Gasteiger partial charge is 0.326 e. The molecule has 0 aliphatic carbocycles. The normalized spacial score (nSPS) is 11.1. The van der Waals surface area contributed by atoms with Crippen molar-refractivity contribution in [2.24, 2.45) is 0 Å². The highest BCUT2D eigenvalue weighted by molar-refractivity contribution is 7.27. The van der Waals surface area contributed by atoms with Crippen LogP contribution < -0.4 is 11.0 Å². The summed E-state index contributed by atoms with van der Waals surface area (Å²) in [6.07, 6.45) is 0. The fourth-order valence-electron chi connectivity index (χ4n) is 2.12. The number of halogens is 1. The lowest BCUT2D eigenvalue weighted by Gasteiger charge is -2.04. The van der Waals surface area contributed by atoms with Crippen LogP contribution in [-0.2, 0) is 6.54 Å². The van der Waals surface area contributed by atoms with Crippen molar-refractivity contribution in [3.05, 3.63) is 64.3 Å². The number of rotatable bonds is 2. The Morgan fingerprint density at radius 1 is 1.21 bits per heavy atom. The molecule has 0 aliphatic heterocycles. The maximum atomic E-state index is 13.6. The molecule has 0 amide bonds. The fourth-order valence-corrected chi connectivity index (χ4v) is 2.37. The van der Waals surface area contributed by atoms with Crippen molar-refractivity contribution in [2.75, 3.05) is 0 Å². The minimum Gasteiger partial charge on any atom is -0.306 e. The van der Waals surface area contributed by atoms with Crippen LogP contribution in [0, 0.1) is 5.82 Å². The number of nitrogens with zero attached hydrogens (tertiary/aromatic N) is 1. The van der Waals surface area contributed by atoms with Crippen LogP contribution in [0.2, 0.25) is 0 Å². The van der Waals surface area contributed by atoms with Gasteiger partial charge in [0.2, 0.25) is 0 Å². The summed E-state index contributed by atoms with van der Waals surface area (Å²) in [5, 5.41) is 0.445. The summed E-state index contributed by atoms with van der Waals surface area (Å²) in [4.78, 5) is 14.7. The molecule has 0 bridgehead atoms. The molecule has 1 unspecified atom stereocenters. The van der Waals surface area contributed by atoms with Gasteiger partial charge < -0.3 is 4.98 Å². The van der Waals surface area contributed by atoms with Crippen molar-refractivity contribution in [1.82, 2.24) is 9.55 Å². The molecule has 3 rings (SSSR count). The van der Waals surface area contributed by atoms with E-state index in [4.69, 9.17) is 0 Å². The molecule has 0 fully saturated rings. The first-order valence-corrected chi connectivity index (χ1v) is 6.44. The Balaban J connectivity index is 2.16. The van der Waals surface area contributed by atoms with Crippen molar-refractivity contribution in [1.29, 1.82) is 0 Å². The first-order chi connectivity index (χ1) is 9.15. The predicted octanol–water partition coefficient (Wildman–Crippen LogP) is 2.02. The van der Waals surface area contributed by atoms with E-state index in [1.165, 1.54) is 10.6 Å². The molecule has 0 saturated carbocycles. The summed E-state index contributed by atoms with van der Waals surface area (Å²) in [5.41, 5.74) is 2.00. The summed E-state index contributed by atoms with van der Waals surface area (Å²) in [6, 6.07) is 12.6. The van der Waals surface area contributed by atoms with E-state index >= 15 is 0 Å².